The van der Waals surface area contributed by atoms with Crippen molar-refractivity contribution in [1.82, 2.24) is 9.97 Å². The fourth-order valence-electron chi connectivity index (χ4n) is 1.98. The number of imidazole rings is 1. The molecule has 0 fully saturated rings. The van der Waals surface area contributed by atoms with Crippen molar-refractivity contribution in [2.75, 3.05) is 12.8 Å². The molecule has 0 saturated carbocycles. The number of nitriles is 1. The molecule has 0 unspecified atom stereocenters. The van der Waals surface area contributed by atoms with Gasteiger partial charge in [-0.3, -0.25) is 0 Å². The molecule has 0 spiro atoms. The molecular weight excluding hydrogens is 268 g/mol. The highest BCUT2D eigenvalue weighted by molar-refractivity contribution is 5.79. The maximum atomic E-state index is 8.99. The molecule has 3 rings (SSSR count). The number of hydrogen-bond donors (Lipinski definition) is 2. The second-order valence-electron chi connectivity index (χ2n) is 4.43. The van der Waals surface area contributed by atoms with E-state index in [4.69, 9.17) is 20.5 Å². The van der Waals surface area contributed by atoms with Crippen molar-refractivity contribution in [3.05, 3.63) is 42.0 Å². The highest BCUT2D eigenvalue weighted by atomic mass is 16.5. The van der Waals surface area contributed by atoms with E-state index in [1.807, 2.05) is 0 Å². The van der Waals surface area contributed by atoms with E-state index in [1.165, 1.54) is 7.11 Å². The van der Waals surface area contributed by atoms with Crippen LogP contribution in [0.3, 0.4) is 0 Å². The summed E-state index contributed by atoms with van der Waals surface area (Å²) in [7, 11) is 1.53. The first kappa shape index (κ1) is 12.8. The zero-order valence-electron chi connectivity index (χ0n) is 11.3. The molecule has 6 nitrogen and oxygen atoms in total. The van der Waals surface area contributed by atoms with E-state index >= 15 is 0 Å². The lowest BCUT2D eigenvalue weighted by Gasteiger charge is -2.05. The Morgan fingerprint density at radius 1 is 1.19 bits per heavy atom. The molecule has 2 aromatic carbocycles. The number of nitrogens with zero attached hydrogens (tertiary/aromatic N) is 2. The van der Waals surface area contributed by atoms with Gasteiger partial charge in [-0.15, -0.1) is 0 Å². The first-order valence-electron chi connectivity index (χ1n) is 6.20. The normalized spacial score (nSPS) is 10.3. The van der Waals surface area contributed by atoms with Crippen LogP contribution < -0.4 is 15.2 Å². The van der Waals surface area contributed by atoms with E-state index in [0.29, 0.717) is 28.8 Å². The minimum atomic E-state index is 0.327. The number of nitrogens with one attached hydrogen (secondary N) is 1. The number of fused-ring (bicyclic) bond motifs is 1. The molecule has 6 heteroatoms. The second-order valence-corrected chi connectivity index (χ2v) is 4.43. The summed E-state index contributed by atoms with van der Waals surface area (Å²) < 4.78 is 10.8. The lowest BCUT2D eigenvalue weighted by atomic mass is 10.2. The summed E-state index contributed by atoms with van der Waals surface area (Å²) >= 11 is 0. The van der Waals surface area contributed by atoms with Gasteiger partial charge in [0.15, 0.2) is 0 Å². The number of hydrogen-bond acceptors (Lipinski definition) is 5. The minimum Gasteiger partial charge on any atom is -0.497 e. The van der Waals surface area contributed by atoms with Gasteiger partial charge in [0, 0.05) is 11.8 Å². The van der Waals surface area contributed by atoms with E-state index in [9.17, 15) is 0 Å². The molecular formula is C15H12N4O2. The quantitative estimate of drug-likeness (QED) is 0.719. The van der Waals surface area contributed by atoms with E-state index in [0.717, 1.165) is 11.0 Å². The highest BCUT2D eigenvalue weighted by Gasteiger charge is 2.08. The van der Waals surface area contributed by atoms with Gasteiger partial charge in [-0.25, -0.2) is 0 Å². The van der Waals surface area contributed by atoms with E-state index in [-0.39, 0.29) is 0 Å². The first-order valence-corrected chi connectivity index (χ1v) is 6.20. The molecule has 0 amide bonds. The molecule has 104 valence electrons. The topological polar surface area (TPSA) is 96.9 Å². The van der Waals surface area contributed by atoms with Crippen LogP contribution in [0.2, 0.25) is 0 Å². The summed E-state index contributed by atoms with van der Waals surface area (Å²) in [6.07, 6.45) is 0. The Balaban J connectivity index is 1.96. The van der Waals surface area contributed by atoms with Crippen LogP contribution in [-0.2, 0) is 0 Å². The number of aromatic nitrogens is 2. The van der Waals surface area contributed by atoms with Crippen molar-refractivity contribution in [2.24, 2.45) is 0 Å². The number of rotatable bonds is 3. The summed E-state index contributed by atoms with van der Waals surface area (Å²) in [4.78, 5) is 7.33. The van der Waals surface area contributed by atoms with Crippen molar-refractivity contribution in [3.8, 4) is 23.6 Å². The van der Waals surface area contributed by atoms with Crippen LogP contribution in [0.1, 0.15) is 5.56 Å². The zero-order valence-corrected chi connectivity index (χ0v) is 11.3. The molecule has 1 heterocycles. The number of aromatic amines is 1. The molecule has 21 heavy (non-hydrogen) atoms. The Bertz CT molecular complexity index is 848. The molecule has 0 bridgehead atoms. The second kappa shape index (κ2) is 5.06. The van der Waals surface area contributed by atoms with Crippen LogP contribution in [0, 0.1) is 11.3 Å². The average molecular weight is 280 g/mol. The summed E-state index contributed by atoms with van der Waals surface area (Å²) in [5.41, 5.74) is 8.35. The molecule has 0 aliphatic carbocycles. The van der Waals surface area contributed by atoms with E-state index in [1.54, 1.807) is 36.4 Å². The predicted octanol–water partition coefficient (Wildman–Crippen LogP) is 2.82. The Morgan fingerprint density at radius 2 is 2.00 bits per heavy atom. The van der Waals surface area contributed by atoms with Crippen LogP contribution >= 0.6 is 0 Å². The van der Waals surface area contributed by atoms with Gasteiger partial charge in [0.25, 0.3) is 6.01 Å². The Labute approximate surface area is 120 Å². The molecule has 1 aromatic heterocycles. The van der Waals surface area contributed by atoms with Crippen molar-refractivity contribution < 1.29 is 9.47 Å². The van der Waals surface area contributed by atoms with Crippen molar-refractivity contribution in [1.29, 1.82) is 5.26 Å². The lowest BCUT2D eigenvalue weighted by molar-refractivity contribution is 0.405. The maximum Gasteiger partial charge on any atom is 0.300 e. The van der Waals surface area contributed by atoms with Crippen molar-refractivity contribution in [2.45, 2.75) is 0 Å². The van der Waals surface area contributed by atoms with Crippen LogP contribution in [0.25, 0.3) is 11.0 Å². The third-order valence-corrected chi connectivity index (χ3v) is 2.94. The first-order chi connectivity index (χ1) is 10.2. The summed E-state index contributed by atoms with van der Waals surface area (Å²) in [5.74, 6) is 1.02. The van der Waals surface area contributed by atoms with E-state index < -0.39 is 0 Å². The Hall–Kier alpha value is -3.20. The van der Waals surface area contributed by atoms with Gasteiger partial charge in [0.1, 0.15) is 11.5 Å². The zero-order chi connectivity index (χ0) is 14.8. The average Bonchev–Trinajstić information content (AvgIpc) is 2.87. The fraction of sp³-hybridized carbons (Fsp3) is 0.0667. The van der Waals surface area contributed by atoms with Gasteiger partial charge in [-0.05, 0) is 30.3 Å². The summed E-state index contributed by atoms with van der Waals surface area (Å²) in [6.45, 7) is 0. The van der Waals surface area contributed by atoms with Crippen molar-refractivity contribution in [3.63, 3.8) is 0 Å². The summed E-state index contributed by atoms with van der Waals surface area (Å²) in [6, 6.07) is 12.7. The number of ether oxygens (including phenoxy) is 2. The Kier molecular flexibility index (Phi) is 3.09. The number of nitrogen functional groups attached to an aromatic ring is 1. The SMILES string of the molecule is COc1cc(C#N)cc(Oc2nc3ccc(N)cc3[nH]2)c1. The number of anilines is 1. The Morgan fingerprint density at radius 3 is 2.76 bits per heavy atom. The number of methoxy groups -OCH3 is 1. The molecule has 3 aromatic rings. The monoisotopic (exact) mass is 280 g/mol. The van der Waals surface area contributed by atoms with Gasteiger partial charge in [0.05, 0.1) is 29.8 Å². The van der Waals surface area contributed by atoms with Gasteiger partial charge in [-0.2, -0.15) is 10.2 Å². The standard InChI is InChI=1S/C15H12N4O2/c1-20-11-4-9(8-16)5-12(7-11)21-15-18-13-3-2-10(17)6-14(13)19-15/h2-7H,17H2,1H3,(H,18,19). The van der Waals surface area contributed by atoms with Gasteiger partial charge < -0.3 is 20.2 Å². The van der Waals surface area contributed by atoms with Gasteiger partial charge >= 0.3 is 0 Å². The number of nitrogens with two attached hydrogens (primary N) is 1. The molecule has 0 aliphatic rings. The van der Waals surface area contributed by atoms with Crippen LogP contribution in [0.5, 0.6) is 17.5 Å². The molecule has 0 aliphatic heterocycles. The van der Waals surface area contributed by atoms with E-state index in [2.05, 4.69) is 16.0 Å². The van der Waals surface area contributed by atoms with Gasteiger partial charge in [0.2, 0.25) is 0 Å². The number of benzene rings is 2. The van der Waals surface area contributed by atoms with Crippen LogP contribution in [0.4, 0.5) is 5.69 Å². The number of H-pyrrole nitrogens is 1. The summed E-state index contributed by atoms with van der Waals surface area (Å²) in [5, 5.41) is 8.99. The maximum absolute atomic E-state index is 8.99. The highest BCUT2D eigenvalue weighted by Crippen LogP contribution is 2.27. The van der Waals surface area contributed by atoms with Crippen molar-refractivity contribution >= 4 is 16.7 Å². The minimum absolute atomic E-state index is 0.327. The molecule has 0 radical (unpaired) electrons. The smallest absolute Gasteiger partial charge is 0.300 e. The third kappa shape index (κ3) is 2.58. The largest absolute Gasteiger partial charge is 0.497 e. The van der Waals surface area contributed by atoms with Crippen LogP contribution in [0.15, 0.2) is 36.4 Å². The molecule has 3 N–H and O–H groups in total. The predicted molar refractivity (Wildman–Crippen MR) is 78.3 cm³/mol. The van der Waals surface area contributed by atoms with Gasteiger partial charge in [-0.1, -0.05) is 0 Å². The molecule has 0 atom stereocenters. The fourth-order valence-corrected chi connectivity index (χ4v) is 1.98. The molecule has 0 saturated heterocycles. The third-order valence-electron chi connectivity index (χ3n) is 2.94. The van der Waals surface area contributed by atoms with Crippen LogP contribution in [-0.4, -0.2) is 17.1 Å². The lowest BCUT2D eigenvalue weighted by Crippen LogP contribution is -1.90.